The zero-order valence-corrected chi connectivity index (χ0v) is 11.4. The molecule has 1 amide bonds. The molecule has 21 heavy (non-hydrogen) atoms. The van der Waals surface area contributed by atoms with Crippen LogP contribution in [0.2, 0.25) is 0 Å². The van der Waals surface area contributed by atoms with Crippen LogP contribution in [-0.2, 0) is 11.2 Å². The Hall–Kier alpha value is -2.40. The summed E-state index contributed by atoms with van der Waals surface area (Å²) in [7, 11) is 0. The highest BCUT2D eigenvalue weighted by Crippen LogP contribution is 2.14. The Bertz CT molecular complexity index is 614. The van der Waals surface area contributed by atoms with Gasteiger partial charge in [-0.3, -0.25) is 4.79 Å². The molecule has 0 aliphatic rings. The van der Waals surface area contributed by atoms with Crippen molar-refractivity contribution in [2.45, 2.75) is 12.5 Å². The van der Waals surface area contributed by atoms with Gasteiger partial charge in [0.1, 0.15) is 5.82 Å². The summed E-state index contributed by atoms with van der Waals surface area (Å²) < 4.78 is 13.4. The highest BCUT2D eigenvalue weighted by molar-refractivity contribution is 5.78. The first-order chi connectivity index (χ1) is 10.1. The number of carbonyl (C=O) groups excluding carboxylic acids is 1. The minimum Gasteiger partial charge on any atom is -0.399 e. The molecule has 0 saturated heterocycles. The Kier molecular flexibility index (Phi) is 4.90. The summed E-state index contributed by atoms with van der Waals surface area (Å²) in [5, 5.41) is 12.5. The minimum absolute atomic E-state index is 0.0544. The molecule has 5 heteroatoms. The van der Waals surface area contributed by atoms with E-state index in [1.54, 1.807) is 42.5 Å². The first kappa shape index (κ1) is 15.0. The van der Waals surface area contributed by atoms with Gasteiger partial charge in [-0.2, -0.15) is 0 Å². The van der Waals surface area contributed by atoms with Crippen molar-refractivity contribution in [2.24, 2.45) is 0 Å². The van der Waals surface area contributed by atoms with Crippen molar-refractivity contribution >= 4 is 11.6 Å². The first-order valence-corrected chi connectivity index (χ1v) is 6.60. The molecule has 0 aliphatic carbocycles. The van der Waals surface area contributed by atoms with E-state index in [2.05, 4.69) is 5.32 Å². The highest BCUT2D eigenvalue weighted by atomic mass is 19.1. The Morgan fingerprint density at radius 1 is 1.19 bits per heavy atom. The summed E-state index contributed by atoms with van der Waals surface area (Å²) in [5.41, 5.74) is 7.16. The number of nitrogen functional groups attached to an aromatic ring is 1. The second kappa shape index (κ2) is 6.85. The predicted octanol–water partition coefficient (Wildman–Crippen LogP) is 1.80. The number of benzene rings is 2. The number of halogens is 1. The van der Waals surface area contributed by atoms with Crippen molar-refractivity contribution in [2.75, 3.05) is 12.3 Å². The lowest BCUT2D eigenvalue weighted by Gasteiger charge is -2.12. The van der Waals surface area contributed by atoms with E-state index in [4.69, 9.17) is 5.73 Å². The number of nitrogens with one attached hydrogen (secondary N) is 1. The molecule has 4 nitrogen and oxygen atoms in total. The molecular weight excluding hydrogens is 271 g/mol. The summed E-state index contributed by atoms with van der Waals surface area (Å²) in [5.74, 6) is -0.749. The largest absolute Gasteiger partial charge is 0.399 e. The normalized spacial score (nSPS) is 11.9. The molecule has 2 rings (SSSR count). The number of amides is 1. The van der Waals surface area contributed by atoms with E-state index >= 15 is 0 Å². The molecule has 0 bridgehead atoms. The van der Waals surface area contributed by atoms with Crippen LogP contribution in [0.25, 0.3) is 0 Å². The van der Waals surface area contributed by atoms with Crippen LogP contribution >= 0.6 is 0 Å². The topological polar surface area (TPSA) is 75.3 Å². The Morgan fingerprint density at radius 3 is 2.52 bits per heavy atom. The minimum atomic E-state index is -0.824. The third kappa shape index (κ3) is 4.29. The van der Waals surface area contributed by atoms with Crippen LogP contribution < -0.4 is 11.1 Å². The average Bonchev–Trinajstić information content (AvgIpc) is 2.48. The Morgan fingerprint density at radius 2 is 1.86 bits per heavy atom. The number of carbonyl (C=O) groups is 1. The molecule has 0 aliphatic heterocycles. The van der Waals surface area contributed by atoms with Gasteiger partial charge in [-0.05, 0) is 29.3 Å². The maximum absolute atomic E-state index is 13.4. The van der Waals surface area contributed by atoms with E-state index in [-0.39, 0.29) is 18.9 Å². The quantitative estimate of drug-likeness (QED) is 0.734. The van der Waals surface area contributed by atoms with Crippen LogP contribution in [0.5, 0.6) is 0 Å². The number of anilines is 1. The number of nitrogens with two attached hydrogens (primary N) is 1. The van der Waals surface area contributed by atoms with Crippen LogP contribution in [0.4, 0.5) is 10.1 Å². The summed E-state index contributed by atoms with van der Waals surface area (Å²) in [6.07, 6.45) is -0.878. The molecule has 0 spiro atoms. The molecule has 2 aromatic rings. The van der Waals surface area contributed by atoms with E-state index in [1.807, 2.05) is 0 Å². The molecule has 110 valence electrons. The van der Waals surface area contributed by atoms with Crippen LogP contribution in [0.3, 0.4) is 0 Å². The zero-order valence-electron chi connectivity index (χ0n) is 11.4. The van der Waals surface area contributed by atoms with Gasteiger partial charge >= 0.3 is 0 Å². The molecule has 0 aromatic heterocycles. The van der Waals surface area contributed by atoms with E-state index in [1.165, 1.54) is 6.07 Å². The maximum Gasteiger partial charge on any atom is 0.224 e. The van der Waals surface area contributed by atoms with Crippen LogP contribution in [0.1, 0.15) is 17.2 Å². The molecule has 1 unspecified atom stereocenters. The lowest BCUT2D eigenvalue weighted by Crippen LogP contribution is -2.29. The fourth-order valence-electron chi connectivity index (χ4n) is 1.92. The van der Waals surface area contributed by atoms with E-state index in [0.29, 0.717) is 16.8 Å². The number of rotatable bonds is 5. The SMILES string of the molecule is Nc1ccc(C(O)CNC(=O)Cc2ccccc2F)cc1. The van der Waals surface area contributed by atoms with E-state index in [0.717, 1.165) is 0 Å². The van der Waals surface area contributed by atoms with Crippen LogP contribution in [0.15, 0.2) is 48.5 Å². The number of hydrogen-bond donors (Lipinski definition) is 3. The summed E-state index contributed by atoms with van der Waals surface area (Å²) >= 11 is 0. The molecule has 2 aromatic carbocycles. The number of aliphatic hydroxyl groups excluding tert-OH is 1. The Labute approximate surface area is 122 Å². The smallest absolute Gasteiger partial charge is 0.224 e. The van der Waals surface area contributed by atoms with Gasteiger partial charge in [-0.15, -0.1) is 0 Å². The van der Waals surface area contributed by atoms with Gasteiger partial charge < -0.3 is 16.2 Å². The molecule has 0 heterocycles. The van der Waals surface area contributed by atoms with Gasteiger partial charge in [0.05, 0.1) is 12.5 Å². The Balaban J connectivity index is 1.86. The van der Waals surface area contributed by atoms with Gasteiger partial charge in [-0.25, -0.2) is 4.39 Å². The fourth-order valence-corrected chi connectivity index (χ4v) is 1.92. The van der Waals surface area contributed by atoms with Crippen molar-refractivity contribution < 1.29 is 14.3 Å². The van der Waals surface area contributed by atoms with Gasteiger partial charge in [0.2, 0.25) is 5.91 Å². The van der Waals surface area contributed by atoms with E-state index < -0.39 is 11.9 Å². The van der Waals surface area contributed by atoms with Crippen molar-refractivity contribution in [3.05, 3.63) is 65.5 Å². The van der Waals surface area contributed by atoms with Crippen LogP contribution in [-0.4, -0.2) is 17.6 Å². The predicted molar refractivity (Wildman–Crippen MR) is 78.9 cm³/mol. The van der Waals surface area contributed by atoms with Crippen molar-refractivity contribution in [1.82, 2.24) is 5.32 Å². The van der Waals surface area contributed by atoms with Gasteiger partial charge in [0.15, 0.2) is 0 Å². The van der Waals surface area contributed by atoms with E-state index in [9.17, 15) is 14.3 Å². The third-order valence-electron chi connectivity index (χ3n) is 3.12. The van der Waals surface area contributed by atoms with Crippen molar-refractivity contribution in [3.8, 4) is 0 Å². The maximum atomic E-state index is 13.4. The number of aliphatic hydroxyl groups is 1. The number of hydrogen-bond acceptors (Lipinski definition) is 3. The molecule has 0 radical (unpaired) electrons. The van der Waals surface area contributed by atoms with Crippen molar-refractivity contribution in [3.63, 3.8) is 0 Å². The fraction of sp³-hybridized carbons (Fsp3) is 0.188. The lowest BCUT2D eigenvalue weighted by molar-refractivity contribution is -0.120. The van der Waals surface area contributed by atoms with Gasteiger partial charge in [0, 0.05) is 12.2 Å². The standard InChI is InChI=1S/C16H17FN2O2/c17-14-4-2-1-3-12(14)9-16(21)19-10-15(20)11-5-7-13(18)8-6-11/h1-8,15,20H,9-10,18H2,(H,19,21). The summed E-state index contributed by atoms with van der Waals surface area (Å²) in [4.78, 5) is 11.7. The molecule has 1 atom stereocenters. The van der Waals surface area contributed by atoms with Crippen molar-refractivity contribution in [1.29, 1.82) is 0 Å². The molecule has 0 saturated carbocycles. The highest BCUT2D eigenvalue weighted by Gasteiger charge is 2.11. The molecular formula is C16H17FN2O2. The second-order valence-corrected chi connectivity index (χ2v) is 4.75. The molecule has 0 fully saturated rings. The lowest BCUT2D eigenvalue weighted by atomic mass is 10.1. The second-order valence-electron chi connectivity index (χ2n) is 4.75. The van der Waals surface area contributed by atoms with Gasteiger partial charge in [0.25, 0.3) is 0 Å². The monoisotopic (exact) mass is 288 g/mol. The summed E-state index contributed by atoms with van der Waals surface area (Å²) in [6, 6.07) is 12.9. The first-order valence-electron chi connectivity index (χ1n) is 6.60. The third-order valence-corrected chi connectivity index (χ3v) is 3.12. The van der Waals surface area contributed by atoms with Crippen LogP contribution in [0, 0.1) is 5.82 Å². The average molecular weight is 288 g/mol. The summed E-state index contributed by atoms with van der Waals surface area (Å²) in [6.45, 7) is 0.0667. The zero-order chi connectivity index (χ0) is 15.2. The molecule has 4 N–H and O–H groups in total. The van der Waals surface area contributed by atoms with Gasteiger partial charge in [-0.1, -0.05) is 30.3 Å².